The van der Waals surface area contributed by atoms with Crippen LogP contribution in [0.25, 0.3) is 0 Å². The molecule has 0 aliphatic rings. The minimum absolute atomic E-state index is 0.251. The highest BCUT2D eigenvalue weighted by Crippen LogP contribution is 2.31. The SMILES string of the molecule is COc1cc(OC)cc(C(NC(=O)NCc2cccc(OC)c2OC)c2nccn2C)c1. The number of benzene rings is 2. The molecule has 2 N–H and O–H groups in total. The molecular weight excluding hydrogens is 412 g/mol. The van der Waals surface area contributed by atoms with Gasteiger partial charge in [-0.1, -0.05) is 12.1 Å². The van der Waals surface area contributed by atoms with E-state index in [1.807, 2.05) is 42.1 Å². The summed E-state index contributed by atoms with van der Waals surface area (Å²) in [6.07, 6.45) is 3.50. The summed E-state index contributed by atoms with van der Waals surface area (Å²) in [5.74, 6) is 3.06. The fourth-order valence-corrected chi connectivity index (χ4v) is 3.40. The fourth-order valence-electron chi connectivity index (χ4n) is 3.40. The first-order chi connectivity index (χ1) is 15.5. The van der Waals surface area contributed by atoms with Crippen LogP contribution in [0.2, 0.25) is 0 Å². The van der Waals surface area contributed by atoms with Gasteiger partial charge in [0, 0.05) is 37.6 Å². The summed E-state index contributed by atoms with van der Waals surface area (Å²) in [6, 6.07) is 10.1. The van der Waals surface area contributed by atoms with Crippen molar-refractivity contribution in [1.82, 2.24) is 20.2 Å². The van der Waals surface area contributed by atoms with Crippen LogP contribution in [0.1, 0.15) is 23.0 Å². The van der Waals surface area contributed by atoms with Crippen LogP contribution in [0.4, 0.5) is 4.79 Å². The van der Waals surface area contributed by atoms with Crippen molar-refractivity contribution in [3.8, 4) is 23.0 Å². The maximum atomic E-state index is 12.9. The normalized spacial score (nSPS) is 11.4. The molecule has 3 aromatic rings. The second-order valence-corrected chi connectivity index (χ2v) is 6.96. The third kappa shape index (κ3) is 5.05. The number of carbonyl (C=O) groups is 1. The van der Waals surface area contributed by atoms with Crippen molar-refractivity contribution in [1.29, 1.82) is 0 Å². The Bertz CT molecular complexity index is 1040. The topological polar surface area (TPSA) is 95.9 Å². The third-order valence-corrected chi connectivity index (χ3v) is 5.02. The zero-order valence-corrected chi connectivity index (χ0v) is 18.8. The number of para-hydroxylation sites is 1. The maximum absolute atomic E-state index is 12.9. The number of aryl methyl sites for hydroxylation is 1. The maximum Gasteiger partial charge on any atom is 0.315 e. The number of amides is 2. The van der Waals surface area contributed by atoms with Crippen LogP contribution >= 0.6 is 0 Å². The van der Waals surface area contributed by atoms with Crippen molar-refractivity contribution in [3.63, 3.8) is 0 Å². The molecule has 1 atom stereocenters. The van der Waals surface area contributed by atoms with E-state index in [0.717, 1.165) is 11.1 Å². The van der Waals surface area contributed by atoms with E-state index in [4.69, 9.17) is 18.9 Å². The van der Waals surface area contributed by atoms with Gasteiger partial charge in [-0.3, -0.25) is 0 Å². The van der Waals surface area contributed by atoms with Gasteiger partial charge < -0.3 is 34.1 Å². The molecule has 9 heteroatoms. The first kappa shape index (κ1) is 22.8. The van der Waals surface area contributed by atoms with Gasteiger partial charge in [0.05, 0.1) is 28.4 Å². The van der Waals surface area contributed by atoms with Crippen LogP contribution in [-0.2, 0) is 13.6 Å². The summed E-state index contributed by atoms with van der Waals surface area (Å²) in [7, 11) is 8.16. The first-order valence-electron chi connectivity index (χ1n) is 9.95. The molecule has 2 aromatic carbocycles. The highest BCUT2D eigenvalue weighted by molar-refractivity contribution is 5.75. The Labute approximate surface area is 187 Å². The second kappa shape index (κ2) is 10.4. The van der Waals surface area contributed by atoms with Gasteiger partial charge in [0.25, 0.3) is 0 Å². The monoisotopic (exact) mass is 440 g/mol. The van der Waals surface area contributed by atoms with E-state index in [1.165, 1.54) is 0 Å². The number of aromatic nitrogens is 2. The van der Waals surface area contributed by atoms with Crippen molar-refractivity contribution >= 4 is 6.03 Å². The van der Waals surface area contributed by atoms with E-state index in [9.17, 15) is 4.79 Å². The van der Waals surface area contributed by atoms with Crippen molar-refractivity contribution < 1.29 is 23.7 Å². The number of urea groups is 1. The molecule has 0 spiro atoms. The molecule has 1 heterocycles. The van der Waals surface area contributed by atoms with Crippen molar-refractivity contribution in [2.45, 2.75) is 12.6 Å². The Morgan fingerprint density at radius 2 is 1.75 bits per heavy atom. The molecule has 9 nitrogen and oxygen atoms in total. The molecular formula is C23H28N4O5. The molecule has 0 saturated carbocycles. The van der Waals surface area contributed by atoms with Crippen LogP contribution in [0.15, 0.2) is 48.8 Å². The van der Waals surface area contributed by atoms with Gasteiger partial charge >= 0.3 is 6.03 Å². The van der Waals surface area contributed by atoms with Gasteiger partial charge in [-0.05, 0) is 23.8 Å². The number of nitrogens with one attached hydrogen (secondary N) is 2. The van der Waals surface area contributed by atoms with Gasteiger partial charge in [-0.25, -0.2) is 9.78 Å². The summed E-state index contributed by atoms with van der Waals surface area (Å²) in [5, 5.41) is 5.88. The number of hydrogen-bond acceptors (Lipinski definition) is 6. The van der Waals surface area contributed by atoms with Gasteiger partial charge in [-0.15, -0.1) is 0 Å². The van der Waals surface area contributed by atoms with Crippen molar-refractivity contribution in [2.75, 3.05) is 28.4 Å². The Hall–Kier alpha value is -3.88. The predicted molar refractivity (Wildman–Crippen MR) is 120 cm³/mol. The average molecular weight is 441 g/mol. The van der Waals surface area contributed by atoms with Gasteiger partial charge in [-0.2, -0.15) is 0 Å². The molecule has 0 aliphatic heterocycles. The highest BCUT2D eigenvalue weighted by Gasteiger charge is 2.22. The quantitative estimate of drug-likeness (QED) is 0.531. The van der Waals surface area contributed by atoms with E-state index >= 15 is 0 Å². The number of ether oxygens (including phenoxy) is 4. The molecule has 1 aromatic heterocycles. The minimum atomic E-state index is -0.536. The molecule has 32 heavy (non-hydrogen) atoms. The lowest BCUT2D eigenvalue weighted by atomic mass is 10.1. The molecule has 3 rings (SSSR count). The highest BCUT2D eigenvalue weighted by atomic mass is 16.5. The Morgan fingerprint density at radius 1 is 1.03 bits per heavy atom. The summed E-state index contributed by atoms with van der Waals surface area (Å²) < 4.78 is 23.4. The van der Waals surface area contributed by atoms with E-state index in [1.54, 1.807) is 46.8 Å². The molecule has 0 radical (unpaired) electrons. The molecule has 0 fully saturated rings. The second-order valence-electron chi connectivity index (χ2n) is 6.96. The van der Waals surface area contributed by atoms with Crippen LogP contribution in [0.5, 0.6) is 23.0 Å². The Kier molecular flexibility index (Phi) is 7.43. The van der Waals surface area contributed by atoms with E-state index in [0.29, 0.717) is 28.8 Å². The summed E-state index contributed by atoms with van der Waals surface area (Å²) >= 11 is 0. The van der Waals surface area contributed by atoms with Crippen LogP contribution < -0.4 is 29.6 Å². The minimum Gasteiger partial charge on any atom is -0.497 e. The molecule has 2 amide bonds. The van der Waals surface area contributed by atoms with E-state index < -0.39 is 6.04 Å². The fraction of sp³-hybridized carbons (Fsp3) is 0.304. The molecule has 0 aliphatic carbocycles. The predicted octanol–water partition coefficient (Wildman–Crippen LogP) is 3.04. The lowest BCUT2D eigenvalue weighted by molar-refractivity contribution is 0.237. The van der Waals surface area contributed by atoms with Crippen molar-refractivity contribution in [3.05, 3.63) is 65.7 Å². The van der Waals surface area contributed by atoms with Crippen LogP contribution in [-0.4, -0.2) is 44.0 Å². The van der Waals surface area contributed by atoms with Crippen LogP contribution in [0.3, 0.4) is 0 Å². The summed E-state index contributed by atoms with van der Waals surface area (Å²) in [6.45, 7) is 0.251. The lowest BCUT2D eigenvalue weighted by Crippen LogP contribution is -2.39. The van der Waals surface area contributed by atoms with Gasteiger partial charge in [0.1, 0.15) is 23.4 Å². The third-order valence-electron chi connectivity index (χ3n) is 5.02. The molecule has 1 unspecified atom stereocenters. The zero-order chi connectivity index (χ0) is 23.1. The number of hydrogen-bond donors (Lipinski definition) is 2. The number of methoxy groups -OCH3 is 4. The number of imidazole rings is 1. The zero-order valence-electron chi connectivity index (χ0n) is 18.8. The standard InChI is InChI=1S/C23H28N4O5/c1-27-10-9-24-22(27)20(16-11-17(29-2)13-18(12-16)30-3)26-23(28)25-14-15-7-6-8-19(31-4)21(15)32-5/h6-13,20H,14H2,1-5H3,(H2,25,26,28). The Balaban J connectivity index is 1.84. The first-order valence-corrected chi connectivity index (χ1v) is 9.95. The summed E-state index contributed by atoms with van der Waals surface area (Å²) in [5.41, 5.74) is 1.56. The average Bonchev–Trinajstić information content (AvgIpc) is 3.25. The number of carbonyl (C=O) groups excluding carboxylic acids is 1. The van der Waals surface area contributed by atoms with Crippen LogP contribution in [0, 0.1) is 0 Å². The Morgan fingerprint density at radius 3 is 2.31 bits per heavy atom. The smallest absolute Gasteiger partial charge is 0.315 e. The molecule has 0 bridgehead atoms. The van der Waals surface area contributed by atoms with Gasteiger partial charge in [0.15, 0.2) is 11.5 Å². The number of rotatable bonds is 9. The largest absolute Gasteiger partial charge is 0.497 e. The summed E-state index contributed by atoms with van der Waals surface area (Å²) in [4.78, 5) is 17.3. The van der Waals surface area contributed by atoms with E-state index in [2.05, 4.69) is 15.6 Å². The molecule has 0 saturated heterocycles. The molecule has 170 valence electrons. The van der Waals surface area contributed by atoms with Gasteiger partial charge in [0.2, 0.25) is 0 Å². The van der Waals surface area contributed by atoms with Crippen molar-refractivity contribution in [2.24, 2.45) is 7.05 Å². The van der Waals surface area contributed by atoms with E-state index in [-0.39, 0.29) is 12.6 Å². The number of nitrogens with zero attached hydrogens (tertiary/aromatic N) is 2. The lowest BCUT2D eigenvalue weighted by Gasteiger charge is -2.21.